The summed E-state index contributed by atoms with van der Waals surface area (Å²) in [4.78, 5) is 24.8. The number of carboxylic acid groups (broad SMARTS) is 1. The van der Waals surface area contributed by atoms with Crippen molar-refractivity contribution in [2.75, 3.05) is 20.2 Å². The van der Waals surface area contributed by atoms with E-state index in [0.29, 0.717) is 25.9 Å². The van der Waals surface area contributed by atoms with Crippen LogP contribution in [0.4, 0.5) is 4.79 Å². The van der Waals surface area contributed by atoms with Crippen LogP contribution in [0.2, 0.25) is 0 Å². The number of likely N-dealkylation sites (tertiary alicyclic amines) is 1. The predicted octanol–water partition coefficient (Wildman–Crippen LogP) is 1.45. The number of amides is 2. The van der Waals surface area contributed by atoms with Gasteiger partial charge >= 0.3 is 12.0 Å². The van der Waals surface area contributed by atoms with Crippen molar-refractivity contribution in [1.29, 1.82) is 0 Å². The van der Waals surface area contributed by atoms with Crippen LogP contribution in [0, 0.1) is 5.92 Å². The molecular weight excluding hydrogens is 260 g/mol. The Morgan fingerprint density at radius 2 is 1.80 bits per heavy atom. The number of ether oxygens (including phenoxy) is 1. The van der Waals surface area contributed by atoms with Crippen LogP contribution in [0.5, 0.6) is 0 Å². The van der Waals surface area contributed by atoms with E-state index in [0.717, 1.165) is 25.7 Å². The third kappa shape index (κ3) is 3.62. The smallest absolute Gasteiger partial charge is 0.317 e. The van der Waals surface area contributed by atoms with Gasteiger partial charge in [0.15, 0.2) is 0 Å². The van der Waals surface area contributed by atoms with E-state index in [-0.39, 0.29) is 24.1 Å². The number of nitrogens with one attached hydrogen (secondary N) is 1. The van der Waals surface area contributed by atoms with Gasteiger partial charge in [-0.05, 0) is 25.7 Å². The Labute approximate surface area is 119 Å². The van der Waals surface area contributed by atoms with Gasteiger partial charge in [0.25, 0.3) is 0 Å². The standard InChI is InChI=1S/C14H24N2O4/c1-20-12-5-3-2-4-11(12)15-14(19)16-8-6-10(7-9-16)13(17)18/h10-12H,2-9H2,1H3,(H,15,19)(H,17,18). The molecule has 1 saturated heterocycles. The van der Waals surface area contributed by atoms with Gasteiger partial charge in [-0.1, -0.05) is 12.8 Å². The molecule has 2 N–H and O–H groups in total. The molecule has 1 saturated carbocycles. The van der Waals surface area contributed by atoms with E-state index in [1.165, 1.54) is 0 Å². The number of hydrogen-bond acceptors (Lipinski definition) is 3. The zero-order valence-electron chi connectivity index (χ0n) is 12.0. The van der Waals surface area contributed by atoms with E-state index in [1.54, 1.807) is 12.0 Å². The molecule has 0 bridgehead atoms. The molecule has 20 heavy (non-hydrogen) atoms. The molecule has 1 aliphatic heterocycles. The summed E-state index contributed by atoms with van der Waals surface area (Å²) >= 11 is 0. The van der Waals surface area contributed by atoms with Crippen LogP contribution in [-0.2, 0) is 9.53 Å². The number of urea groups is 1. The molecule has 0 radical (unpaired) electrons. The number of carboxylic acids is 1. The summed E-state index contributed by atoms with van der Waals surface area (Å²) in [6, 6.07) is 0.00114. The van der Waals surface area contributed by atoms with E-state index in [1.807, 2.05) is 0 Å². The molecule has 2 fully saturated rings. The van der Waals surface area contributed by atoms with Gasteiger partial charge in [-0.25, -0.2) is 4.79 Å². The molecule has 2 amide bonds. The first kappa shape index (κ1) is 15.1. The molecule has 0 aromatic heterocycles. The average molecular weight is 284 g/mol. The SMILES string of the molecule is COC1CCCCC1NC(=O)N1CCC(C(=O)O)CC1. The Balaban J connectivity index is 1.81. The van der Waals surface area contributed by atoms with Crippen LogP contribution < -0.4 is 5.32 Å². The van der Waals surface area contributed by atoms with Gasteiger partial charge in [0, 0.05) is 20.2 Å². The molecule has 2 atom stereocenters. The second-order valence-electron chi connectivity index (χ2n) is 5.71. The molecule has 6 heteroatoms. The lowest BCUT2D eigenvalue weighted by atomic mass is 9.92. The summed E-state index contributed by atoms with van der Waals surface area (Å²) in [6.07, 6.45) is 5.39. The van der Waals surface area contributed by atoms with Crippen LogP contribution >= 0.6 is 0 Å². The molecule has 0 spiro atoms. The lowest BCUT2D eigenvalue weighted by molar-refractivity contribution is -0.143. The zero-order valence-corrected chi connectivity index (χ0v) is 12.0. The Hall–Kier alpha value is -1.30. The van der Waals surface area contributed by atoms with Crippen molar-refractivity contribution in [2.45, 2.75) is 50.7 Å². The Bertz CT molecular complexity index is 353. The normalized spacial score (nSPS) is 28.1. The summed E-state index contributed by atoms with van der Waals surface area (Å²) in [5, 5.41) is 12.0. The molecule has 2 unspecified atom stereocenters. The molecule has 0 aromatic rings. The van der Waals surface area contributed by atoms with Crippen molar-refractivity contribution < 1.29 is 19.4 Å². The number of carbonyl (C=O) groups is 2. The lowest BCUT2D eigenvalue weighted by Gasteiger charge is -2.35. The van der Waals surface area contributed by atoms with Crippen molar-refractivity contribution in [3.8, 4) is 0 Å². The summed E-state index contributed by atoms with van der Waals surface area (Å²) in [7, 11) is 1.69. The molecule has 2 rings (SSSR count). The average Bonchev–Trinajstić information content (AvgIpc) is 2.48. The van der Waals surface area contributed by atoms with Gasteiger partial charge in [0.05, 0.1) is 18.1 Å². The molecule has 6 nitrogen and oxygen atoms in total. The van der Waals surface area contributed by atoms with E-state index < -0.39 is 5.97 Å². The quantitative estimate of drug-likeness (QED) is 0.822. The number of aliphatic carboxylic acids is 1. The van der Waals surface area contributed by atoms with Crippen LogP contribution in [-0.4, -0.2) is 54.4 Å². The van der Waals surface area contributed by atoms with E-state index >= 15 is 0 Å². The number of hydrogen-bond donors (Lipinski definition) is 2. The van der Waals surface area contributed by atoms with Gasteiger partial charge < -0.3 is 20.1 Å². The van der Waals surface area contributed by atoms with E-state index in [4.69, 9.17) is 9.84 Å². The van der Waals surface area contributed by atoms with Crippen LogP contribution in [0.15, 0.2) is 0 Å². The Morgan fingerprint density at radius 3 is 2.40 bits per heavy atom. The zero-order chi connectivity index (χ0) is 14.5. The fourth-order valence-corrected chi connectivity index (χ4v) is 3.12. The van der Waals surface area contributed by atoms with Crippen molar-refractivity contribution in [2.24, 2.45) is 5.92 Å². The maximum Gasteiger partial charge on any atom is 0.317 e. The molecule has 0 aromatic carbocycles. The van der Waals surface area contributed by atoms with E-state index in [2.05, 4.69) is 5.32 Å². The molecule has 2 aliphatic rings. The minimum atomic E-state index is -0.753. The second kappa shape index (κ2) is 6.92. The van der Waals surface area contributed by atoms with Crippen LogP contribution in [0.1, 0.15) is 38.5 Å². The molecule has 1 heterocycles. The number of piperidine rings is 1. The highest BCUT2D eigenvalue weighted by Gasteiger charge is 2.30. The highest BCUT2D eigenvalue weighted by molar-refractivity contribution is 5.75. The third-order valence-electron chi connectivity index (χ3n) is 4.45. The lowest BCUT2D eigenvalue weighted by Crippen LogP contribution is -2.52. The minimum absolute atomic E-state index is 0.0808. The summed E-state index contributed by atoms with van der Waals surface area (Å²) in [6.45, 7) is 1.04. The number of carbonyl (C=O) groups excluding carboxylic acids is 1. The number of nitrogens with zero attached hydrogens (tertiary/aromatic N) is 1. The highest BCUT2D eigenvalue weighted by atomic mass is 16.5. The van der Waals surface area contributed by atoms with Crippen molar-refractivity contribution in [3.63, 3.8) is 0 Å². The van der Waals surface area contributed by atoms with Gasteiger partial charge in [-0.2, -0.15) is 0 Å². The van der Waals surface area contributed by atoms with Gasteiger partial charge in [-0.3, -0.25) is 4.79 Å². The first-order valence-corrected chi connectivity index (χ1v) is 7.43. The van der Waals surface area contributed by atoms with Gasteiger partial charge in [0.2, 0.25) is 0 Å². The molecule has 1 aliphatic carbocycles. The Kier molecular flexibility index (Phi) is 5.23. The highest BCUT2D eigenvalue weighted by Crippen LogP contribution is 2.22. The monoisotopic (exact) mass is 284 g/mol. The molecular formula is C14H24N2O4. The topological polar surface area (TPSA) is 78.9 Å². The predicted molar refractivity (Wildman–Crippen MR) is 73.5 cm³/mol. The first-order chi connectivity index (χ1) is 9.61. The van der Waals surface area contributed by atoms with Crippen molar-refractivity contribution >= 4 is 12.0 Å². The van der Waals surface area contributed by atoms with Crippen LogP contribution in [0.25, 0.3) is 0 Å². The molecule has 114 valence electrons. The van der Waals surface area contributed by atoms with Crippen molar-refractivity contribution in [3.05, 3.63) is 0 Å². The maximum absolute atomic E-state index is 12.2. The Morgan fingerprint density at radius 1 is 1.15 bits per heavy atom. The van der Waals surface area contributed by atoms with Gasteiger partial charge in [-0.15, -0.1) is 0 Å². The second-order valence-corrected chi connectivity index (χ2v) is 5.71. The van der Waals surface area contributed by atoms with Crippen molar-refractivity contribution in [1.82, 2.24) is 10.2 Å². The largest absolute Gasteiger partial charge is 0.481 e. The number of rotatable bonds is 3. The fourth-order valence-electron chi connectivity index (χ4n) is 3.12. The fraction of sp³-hybridized carbons (Fsp3) is 0.857. The summed E-state index contributed by atoms with van der Waals surface area (Å²) in [5.74, 6) is -1.06. The minimum Gasteiger partial charge on any atom is -0.481 e. The number of methoxy groups -OCH3 is 1. The first-order valence-electron chi connectivity index (χ1n) is 7.43. The van der Waals surface area contributed by atoms with E-state index in [9.17, 15) is 9.59 Å². The summed E-state index contributed by atoms with van der Waals surface area (Å²) in [5.41, 5.74) is 0. The van der Waals surface area contributed by atoms with Crippen LogP contribution in [0.3, 0.4) is 0 Å². The third-order valence-corrected chi connectivity index (χ3v) is 4.45. The van der Waals surface area contributed by atoms with Gasteiger partial charge in [0.1, 0.15) is 0 Å². The summed E-state index contributed by atoms with van der Waals surface area (Å²) < 4.78 is 5.43. The maximum atomic E-state index is 12.2.